The molecular weight excluding hydrogens is 289 g/mol. The number of amides is 1. The fraction of sp³-hybridized carbons (Fsp3) is 0.417. The third-order valence-corrected chi connectivity index (χ3v) is 3.13. The van der Waals surface area contributed by atoms with Crippen LogP contribution < -0.4 is 5.32 Å². The zero-order valence-corrected chi connectivity index (χ0v) is 11.3. The Hall–Kier alpha value is -0.940. The maximum absolute atomic E-state index is 13.6. The van der Waals surface area contributed by atoms with Crippen molar-refractivity contribution >= 4 is 21.8 Å². The maximum atomic E-state index is 13.6. The highest BCUT2D eigenvalue weighted by Crippen LogP contribution is 2.18. The second-order valence-electron chi connectivity index (χ2n) is 4.11. The van der Waals surface area contributed by atoms with Crippen LogP contribution in [-0.4, -0.2) is 23.7 Å². The van der Waals surface area contributed by atoms with E-state index in [1.165, 1.54) is 12.1 Å². The highest BCUT2D eigenvalue weighted by atomic mass is 79.9. The Morgan fingerprint density at radius 1 is 1.53 bits per heavy atom. The van der Waals surface area contributed by atoms with Gasteiger partial charge in [0.25, 0.3) is 5.91 Å². The van der Waals surface area contributed by atoms with E-state index in [0.717, 1.165) is 0 Å². The van der Waals surface area contributed by atoms with Crippen molar-refractivity contribution in [1.82, 2.24) is 5.32 Å². The minimum absolute atomic E-state index is 0.0292. The molecule has 1 unspecified atom stereocenters. The summed E-state index contributed by atoms with van der Waals surface area (Å²) >= 11 is 3.02. The molecule has 0 aliphatic carbocycles. The smallest absolute Gasteiger partial charge is 0.254 e. The zero-order valence-electron chi connectivity index (χ0n) is 9.71. The summed E-state index contributed by atoms with van der Waals surface area (Å²) in [7, 11) is 0. The number of nitrogens with one attached hydrogen (secondary N) is 1. The first-order chi connectivity index (χ1) is 7.97. The summed E-state index contributed by atoms with van der Waals surface area (Å²) in [5.74, 6) is -1.03. The summed E-state index contributed by atoms with van der Waals surface area (Å²) < 4.78 is 13.9. The Morgan fingerprint density at radius 2 is 2.18 bits per heavy atom. The average molecular weight is 304 g/mol. The lowest BCUT2D eigenvalue weighted by molar-refractivity contribution is 0.0892. The SMILES string of the molecule is CC(C)C(CO)NC(=O)c1cccc(Br)c1F. The lowest BCUT2D eigenvalue weighted by Crippen LogP contribution is -2.41. The predicted octanol–water partition coefficient (Wildman–Crippen LogP) is 2.33. The van der Waals surface area contributed by atoms with E-state index in [9.17, 15) is 9.18 Å². The van der Waals surface area contributed by atoms with E-state index in [1.807, 2.05) is 13.8 Å². The average Bonchev–Trinajstić information content (AvgIpc) is 2.28. The quantitative estimate of drug-likeness (QED) is 0.897. The number of carbonyl (C=O) groups excluding carboxylic acids is 1. The molecule has 1 rings (SSSR count). The topological polar surface area (TPSA) is 49.3 Å². The Balaban J connectivity index is 2.86. The molecule has 1 atom stereocenters. The Labute approximate surface area is 108 Å². The first-order valence-corrected chi connectivity index (χ1v) is 6.12. The second kappa shape index (κ2) is 6.12. The molecule has 3 nitrogen and oxygen atoms in total. The van der Waals surface area contributed by atoms with Crippen molar-refractivity contribution in [2.24, 2.45) is 5.92 Å². The molecule has 94 valence electrons. The molecular formula is C12H15BrFNO2. The molecule has 0 aliphatic heterocycles. The molecule has 1 aromatic rings. The van der Waals surface area contributed by atoms with Crippen LogP contribution in [0.2, 0.25) is 0 Å². The molecule has 0 heterocycles. The third-order valence-electron chi connectivity index (χ3n) is 2.51. The van der Waals surface area contributed by atoms with Gasteiger partial charge in [0.15, 0.2) is 0 Å². The van der Waals surface area contributed by atoms with Crippen molar-refractivity contribution in [1.29, 1.82) is 0 Å². The van der Waals surface area contributed by atoms with Gasteiger partial charge < -0.3 is 10.4 Å². The van der Waals surface area contributed by atoms with Gasteiger partial charge in [-0.25, -0.2) is 4.39 Å². The Kier molecular flexibility index (Phi) is 5.08. The van der Waals surface area contributed by atoms with Gasteiger partial charge in [-0.2, -0.15) is 0 Å². The third kappa shape index (κ3) is 3.51. The van der Waals surface area contributed by atoms with Gasteiger partial charge in [-0.05, 0) is 34.0 Å². The number of benzene rings is 1. The van der Waals surface area contributed by atoms with Crippen LogP contribution in [0.3, 0.4) is 0 Å². The summed E-state index contributed by atoms with van der Waals surface area (Å²) in [6, 6.07) is 4.15. The zero-order chi connectivity index (χ0) is 13.0. The molecule has 0 aromatic heterocycles. The van der Waals surface area contributed by atoms with Gasteiger partial charge in [0.2, 0.25) is 0 Å². The number of aliphatic hydroxyl groups excluding tert-OH is 1. The van der Waals surface area contributed by atoms with E-state index >= 15 is 0 Å². The predicted molar refractivity (Wildman–Crippen MR) is 67.3 cm³/mol. The summed E-state index contributed by atoms with van der Waals surface area (Å²) in [4.78, 5) is 11.8. The van der Waals surface area contributed by atoms with Crippen molar-refractivity contribution in [3.05, 3.63) is 34.1 Å². The molecule has 1 amide bonds. The van der Waals surface area contributed by atoms with E-state index in [-0.39, 0.29) is 28.6 Å². The van der Waals surface area contributed by atoms with Gasteiger partial charge in [-0.3, -0.25) is 4.79 Å². The summed E-state index contributed by atoms with van der Waals surface area (Å²) in [6.45, 7) is 3.58. The van der Waals surface area contributed by atoms with Crippen LogP contribution in [0.1, 0.15) is 24.2 Å². The first kappa shape index (κ1) is 14.1. The van der Waals surface area contributed by atoms with Crippen molar-refractivity contribution < 1.29 is 14.3 Å². The minimum Gasteiger partial charge on any atom is -0.394 e. The molecule has 0 fully saturated rings. The molecule has 17 heavy (non-hydrogen) atoms. The highest BCUT2D eigenvalue weighted by Gasteiger charge is 2.19. The maximum Gasteiger partial charge on any atom is 0.254 e. The van der Waals surface area contributed by atoms with Crippen LogP contribution in [-0.2, 0) is 0 Å². The standard InChI is InChI=1S/C12H15BrFNO2/c1-7(2)10(6-16)15-12(17)8-4-3-5-9(13)11(8)14/h3-5,7,10,16H,6H2,1-2H3,(H,15,17). The number of hydrogen-bond donors (Lipinski definition) is 2. The molecule has 0 bridgehead atoms. The van der Waals surface area contributed by atoms with Gasteiger partial charge in [-0.1, -0.05) is 19.9 Å². The molecule has 0 spiro atoms. The van der Waals surface area contributed by atoms with Crippen molar-refractivity contribution in [2.45, 2.75) is 19.9 Å². The van der Waals surface area contributed by atoms with E-state index < -0.39 is 11.7 Å². The van der Waals surface area contributed by atoms with Crippen LogP contribution in [0.4, 0.5) is 4.39 Å². The molecule has 0 saturated heterocycles. The van der Waals surface area contributed by atoms with Crippen LogP contribution >= 0.6 is 15.9 Å². The fourth-order valence-electron chi connectivity index (χ4n) is 1.35. The van der Waals surface area contributed by atoms with Crippen LogP contribution in [0.5, 0.6) is 0 Å². The van der Waals surface area contributed by atoms with Gasteiger partial charge in [0, 0.05) is 0 Å². The second-order valence-corrected chi connectivity index (χ2v) is 4.96. The van der Waals surface area contributed by atoms with E-state index in [1.54, 1.807) is 6.07 Å². The van der Waals surface area contributed by atoms with Gasteiger partial charge >= 0.3 is 0 Å². The van der Waals surface area contributed by atoms with Crippen molar-refractivity contribution in [3.63, 3.8) is 0 Å². The number of carbonyl (C=O) groups is 1. The van der Waals surface area contributed by atoms with E-state index in [0.29, 0.717) is 0 Å². The number of aliphatic hydroxyl groups is 1. The number of hydrogen-bond acceptors (Lipinski definition) is 2. The van der Waals surface area contributed by atoms with E-state index in [4.69, 9.17) is 5.11 Å². The fourth-order valence-corrected chi connectivity index (χ4v) is 1.71. The van der Waals surface area contributed by atoms with Gasteiger partial charge in [0.1, 0.15) is 5.82 Å². The lowest BCUT2D eigenvalue weighted by Gasteiger charge is -2.20. The summed E-state index contributed by atoms with van der Waals surface area (Å²) in [5, 5.41) is 11.7. The molecule has 0 aliphatic rings. The van der Waals surface area contributed by atoms with Crippen LogP contribution in [0, 0.1) is 11.7 Å². The van der Waals surface area contributed by atoms with Crippen molar-refractivity contribution in [3.8, 4) is 0 Å². The molecule has 0 radical (unpaired) electrons. The largest absolute Gasteiger partial charge is 0.394 e. The highest BCUT2D eigenvalue weighted by molar-refractivity contribution is 9.10. The minimum atomic E-state index is -0.592. The van der Waals surface area contributed by atoms with E-state index in [2.05, 4.69) is 21.2 Å². The lowest BCUT2D eigenvalue weighted by atomic mass is 10.0. The summed E-state index contributed by atoms with van der Waals surface area (Å²) in [5.41, 5.74) is -0.0292. The Bertz CT molecular complexity index is 409. The van der Waals surface area contributed by atoms with Gasteiger partial charge in [0.05, 0.1) is 22.7 Å². The number of rotatable bonds is 4. The molecule has 2 N–H and O–H groups in total. The monoisotopic (exact) mass is 303 g/mol. The summed E-state index contributed by atoms with van der Waals surface area (Å²) in [6.07, 6.45) is 0. The number of halogens is 2. The first-order valence-electron chi connectivity index (χ1n) is 5.33. The molecule has 0 saturated carbocycles. The molecule has 5 heteroatoms. The van der Waals surface area contributed by atoms with Crippen molar-refractivity contribution in [2.75, 3.05) is 6.61 Å². The molecule has 1 aromatic carbocycles. The normalized spacial score (nSPS) is 12.6. The van der Waals surface area contributed by atoms with Gasteiger partial charge in [-0.15, -0.1) is 0 Å². The van der Waals surface area contributed by atoms with Crippen LogP contribution in [0.15, 0.2) is 22.7 Å². The Morgan fingerprint density at radius 3 is 2.71 bits per heavy atom. The van der Waals surface area contributed by atoms with Crippen LogP contribution in [0.25, 0.3) is 0 Å².